The number of carbonyl (C=O) groups excluding carboxylic acids is 1. The highest BCUT2D eigenvalue weighted by Crippen LogP contribution is 2.30. The minimum atomic E-state index is -0.250. The molecular weight excluding hydrogens is 406 g/mol. The van der Waals surface area contributed by atoms with Crippen molar-refractivity contribution < 1.29 is 14.7 Å². The molecule has 166 valence electrons. The number of hydrogen-bond acceptors (Lipinski definition) is 5. The summed E-state index contributed by atoms with van der Waals surface area (Å²) in [7, 11) is 0. The van der Waals surface area contributed by atoms with Crippen molar-refractivity contribution in [2.45, 2.75) is 89.6 Å². The van der Waals surface area contributed by atoms with Gasteiger partial charge in [0.2, 0.25) is 0 Å². The second-order valence-corrected chi connectivity index (χ2v) is 9.86. The molecule has 0 aliphatic heterocycles. The number of aliphatic imine (C=N–C) groups is 1. The van der Waals surface area contributed by atoms with Gasteiger partial charge in [-0.3, -0.25) is 10.1 Å². The Balaban J connectivity index is 0.00000132. The highest BCUT2D eigenvalue weighted by molar-refractivity contribution is 8.24. The van der Waals surface area contributed by atoms with Gasteiger partial charge in [0.1, 0.15) is 0 Å². The molecule has 2 aliphatic rings. The van der Waals surface area contributed by atoms with Gasteiger partial charge in [-0.1, -0.05) is 70.2 Å². The van der Waals surface area contributed by atoms with E-state index in [1.807, 2.05) is 11.8 Å². The predicted octanol–water partition coefficient (Wildman–Crippen LogP) is 5.70. The topological polar surface area (TPSA) is 82.0 Å². The minimum absolute atomic E-state index is 0.0541. The summed E-state index contributed by atoms with van der Waals surface area (Å²) in [5, 5.41) is 11.6. The number of carbonyl (C=O) groups is 2. The number of nitrogens with one attached hydrogen (secondary N) is 1. The first-order valence-corrected chi connectivity index (χ1v) is 12.9. The number of rotatable bonds is 6. The Bertz CT molecular complexity index is 503. The fourth-order valence-corrected chi connectivity index (χ4v) is 5.81. The van der Waals surface area contributed by atoms with E-state index in [0.717, 1.165) is 36.5 Å². The van der Waals surface area contributed by atoms with E-state index < -0.39 is 0 Å². The van der Waals surface area contributed by atoms with Crippen molar-refractivity contribution in [3.8, 4) is 0 Å². The summed E-state index contributed by atoms with van der Waals surface area (Å²) in [4.78, 5) is 28.1. The van der Waals surface area contributed by atoms with Crippen molar-refractivity contribution in [1.82, 2.24) is 10.2 Å². The van der Waals surface area contributed by atoms with Gasteiger partial charge in [-0.15, -0.1) is 0 Å². The number of nitrogens with zero attached hydrogens (tertiary/aromatic N) is 2. The lowest BCUT2D eigenvalue weighted by Crippen LogP contribution is -2.53. The molecule has 8 heteroatoms. The molecule has 0 unspecified atom stereocenters. The summed E-state index contributed by atoms with van der Waals surface area (Å²) in [6.07, 6.45) is 15.0. The maximum absolute atomic E-state index is 13.3. The highest BCUT2D eigenvalue weighted by atomic mass is 32.2. The summed E-state index contributed by atoms with van der Waals surface area (Å²) >= 11 is 3.44. The van der Waals surface area contributed by atoms with Crippen LogP contribution in [-0.4, -0.2) is 50.6 Å². The predicted molar refractivity (Wildman–Crippen MR) is 126 cm³/mol. The molecule has 0 heterocycles. The van der Waals surface area contributed by atoms with Crippen LogP contribution in [0.25, 0.3) is 0 Å². The van der Waals surface area contributed by atoms with Gasteiger partial charge in [0, 0.05) is 23.4 Å². The van der Waals surface area contributed by atoms with Crippen molar-refractivity contribution in [3.63, 3.8) is 0 Å². The lowest BCUT2D eigenvalue weighted by molar-refractivity contribution is -0.122. The van der Waals surface area contributed by atoms with Crippen molar-refractivity contribution in [2.24, 2.45) is 4.99 Å². The Kier molecular flexibility index (Phi) is 14.8. The van der Waals surface area contributed by atoms with Crippen LogP contribution in [0.2, 0.25) is 0 Å². The van der Waals surface area contributed by atoms with E-state index in [2.05, 4.69) is 28.7 Å². The zero-order valence-electron chi connectivity index (χ0n) is 17.7. The third-order valence-corrected chi connectivity index (χ3v) is 7.35. The van der Waals surface area contributed by atoms with Crippen LogP contribution in [0.15, 0.2) is 17.8 Å². The minimum Gasteiger partial charge on any atom is -0.483 e. The molecule has 0 aromatic carbocycles. The Hall–Kier alpha value is -1.15. The van der Waals surface area contributed by atoms with Gasteiger partial charge in [-0.2, -0.15) is 11.8 Å². The van der Waals surface area contributed by atoms with Gasteiger partial charge in [0.05, 0.1) is 0 Å². The average molecular weight is 444 g/mol. The molecule has 2 N–H and O–H groups in total. The standard InChI is InChI=1S/C20H35N3OS2.CH2O2/c1-3-21-19(26-16-25-4-2)22-20(24)23(18-14-10-7-11-15-18)17-12-8-5-6-9-13-17;2-1-3/h3,17-18H,1,4-16H2,2H3,(H,21,22,24);1H,(H,2,3). The van der Waals surface area contributed by atoms with Crippen molar-refractivity contribution in [1.29, 1.82) is 0 Å². The molecule has 6 nitrogen and oxygen atoms in total. The number of urea groups is 1. The second-order valence-electron chi connectivity index (χ2n) is 7.25. The Morgan fingerprint density at radius 1 is 1.10 bits per heavy atom. The molecule has 0 spiro atoms. The zero-order valence-corrected chi connectivity index (χ0v) is 19.3. The lowest BCUT2D eigenvalue weighted by atomic mass is 9.92. The normalized spacial score (nSPS) is 18.7. The molecule has 0 bridgehead atoms. The summed E-state index contributed by atoms with van der Waals surface area (Å²) in [5.74, 6) is 1.07. The van der Waals surface area contributed by atoms with E-state index in [4.69, 9.17) is 9.90 Å². The Morgan fingerprint density at radius 2 is 1.59 bits per heavy atom. The maximum atomic E-state index is 13.3. The van der Waals surface area contributed by atoms with Gasteiger partial charge in [0.15, 0.2) is 5.17 Å². The molecule has 2 saturated carbocycles. The lowest BCUT2D eigenvalue weighted by Gasteiger charge is -2.40. The molecular formula is C21H37N3O3S2. The molecule has 0 aromatic heterocycles. The largest absolute Gasteiger partial charge is 0.483 e. The van der Waals surface area contributed by atoms with Crippen molar-refractivity contribution >= 4 is 41.2 Å². The van der Waals surface area contributed by atoms with Crippen LogP contribution >= 0.6 is 23.5 Å². The summed E-state index contributed by atoms with van der Waals surface area (Å²) in [5.41, 5.74) is 0. The summed E-state index contributed by atoms with van der Waals surface area (Å²) < 4.78 is 0. The molecule has 0 aromatic rings. The van der Waals surface area contributed by atoms with Crippen LogP contribution in [0.4, 0.5) is 4.79 Å². The molecule has 2 fully saturated rings. The number of amides is 2. The second kappa shape index (κ2) is 16.6. The van der Waals surface area contributed by atoms with E-state index in [1.54, 1.807) is 11.8 Å². The van der Waals surface area contributed by atoms with Crippen molar-refractivity contribution in [3.05, 3.63) is 12.8 Å². The number of hydrogen-bond donors (Lipinski definition) is 2. The Morgan fingerprint density at radius 3 is 2.03 bits per heavy atom. The Labute approximate surface area is 184 Å². The van der Waals surface area contributed by atoms with Gasteiger partial charge >= 0.3 is 6.03 Å². The quantitative estimate of drug-likeness (QED) is 0.137. The van der Waals surface area contributed by atoms with Crippen molar-refractivity contribution in [2.75, 3.05) is 10.8 Å². The first kappa shape index (κ1) is 25.9. The van der Waals surface area contributed by atoms with E-state index >= 15 is 0 Å². The van der Waals surface area contributed by atoms with E-state index in [-0.39, 0.29) is 12.5 Å². The third-order valence-electron chi connectivity index (χ3n) is 5.33. The van der Waals surface area contributed by atoms with E-state index in [9.17, 15) is 4.79 Å². The first-order valence-electron chi connectivity index (χ1n) is 10.7. The van der Waals surface area contributed by atoms with Crippen LogP contribution in [0, 0.1) is 0 Å². The average Bonchev–Trinajstić information content (AvgIpc) is 2.99. The van der Waals surface area contributed by atoms with Crippen LogP contribution in [0.1, 0.15) is 77.6 Å². The van der Waals surface area contributed by atoms with Crippen LogP contribution in [0.3, 0.4) is 0 Å². The molecule has 2 amide bonds. The van der Waals surface area contributed by atoms with E-state index in [1.165, 1.54) is 51.1 Å². The van der Waals surface area contributed by atoms with Gasteiger partial charge in [-0.05, 0) is 31.4 Å². The summed E-state index contributed by atoms with van der Waals surface area (Å²) in [6.45, 7) is 5.59. The summed E-state index contributed by atoms with van der Waals surface area (Å²) in [6, 6.07) is 0.839. The molecule has 2 rings (SSSR count). The number of thioether (sulfide) groups is 2. The monoisotopic (exact) mass is 443 g/mol. The van der Waals surface area contributed by atoms with Gasteiger partial charge in [0.25, 0.3) is 6.47 Å². The smallest absolute Gasteiger partial charge is 0.323 e. The maximum Gasteiger partial charge on any atom is 0.323 e. The third kappa shape index (κ3) is 10.4. The molecule has 0 saturated heterocycles. The molecule has 0 radical (unpaired) electrons. The number of carboxylic acid groups (broad SMARTS) is 1. The van der Waals surface area contributed by atoms with Gasteiger partial charge in [-0.25, -0.2) is 9.79 Å². The van der Waals surface area contributed by atoms with Crippen LogP contribution in [0.5, 0.6) is 0 Å². The fraction of sp³-hybridized carbons (Fsp3) is 0.762. The van der Waals surface area contributed by atoms with Gasteiger partial charge < -0.3 is 10.0 Å². The SMILES string of the molecule is C=CN=C(NC(=O)N(C1CCCCCC1)C1CCCCC1)SCSCC.O=CO. The molecule has 0 atom stereocenters. The molecule has 29 heavy (non-hydrogen) atoms. The molecule has 2 aliphatic carbocycles. The zero-order chi connectivity index (χ0) is 21.3. The first-order chi connectivity index (χ1) is 14.2. The van der Waals surface area contributed by atoms with Crippen LogP contribution in [-0.2, 0) is 4.79 Å². The fourth-order valence-electron chi connectivity index (χ4n) is 4.05. The van der Waals surface area contributed by atoms with Crippen LogP contribution < -0.4 is 5.32 Å². The number of amidine groups is 1. The highest BCUT2D eigenvalue weighted by Gasteiger charge is 2.32. The van der Waals surface area contributed by atoms with E-state index in [0.29, 0.717) is 17.3 Å².